The second-order valence-electron chi connectivity index (χ2n) is 10.4. The van der Waals surface area contributed by atoms with Crippen molar-refractivity contribution < 1.29 is 14.3 Å². The molecule has 0 saturated heterocycles. The zero-order valence-corrected chi connectivity index (χ0v) is 23.9. The fourth-order valence-corrected chi connectivity index (χ4v) is 4.82. The van der Waals surface area contributed by atoms with Crippen molar-refractivity contribution in [1.29, 1.82) is 0 Å². The van der Waals surface area contributed by atoms with Crippen molar-refractivity contribution in [1.82, 2.24) is 9.36 Å². The molecule has 3 aromatic rings. The summed E-state index contributed by atoms with van der Waals surface area (Å²) in [4.78, 5) is 39.7. The number of carbonyl (C=O) groups excluding carboxylic acids is 2. The van der Waals surface area contributed by atoms with Crippen LogP contribution < -0.4 is 15.6 Å². The molecule has 0 bridgehead atoms. The summed E-state index contributed by atoms with van der Waals surface area (Å²) in [5.41, 5.74) is 1.53. The molecule has 8 heteroatoms. The summed E-state index contributed by atoms with van der Waals surface area (Å²) >= 11 is 6.12. The SMILES string of the molecule is CCOc1ccc(Cl)cc1C(=O)CCC(C)(C)CC(=O)Nc1c(C(C)CC)n(C)n(-c2ccccc2)c1=O. The number of carbonyl (C=O) groups is 2. The minimum Gasteiger partial charge on any atom is -0.493 e. The van der Waals surface area contributed by atoms with Crippen LogP contribution in [0.1, 0.15) is 82.3 Å². The zero-order valence-electron chi connectivity index (χ0n) is 23.1. The van der Waals surface area contributed by atoms with Crippen LogP contribution in [0.4, 0.5) is 5.69 Å². The molecular formula is C30H38ClN3O4. The predicted molar refractivity (Wildman–Crippen MR) is 153 cm³/mol. The number of rotatable bonds is 12. The first-order chi connectivity index (χ1) is 18.0. The highest BCUT2D eigenvalue weighted by Gasteiger charge is 2.28. The van der Waals surface area contributed by atoms with Gasteiger partial charge in [0.2, 0.25) is 5.91 Å². The molecule has 1 amide bonds. The van der Waals surface area contributed by atoms with E-state index in [1.807, 2.05) is 69.8 Å². The Morgan fingerprint density at radius 2 is 1.79 bits per heavy atom. The number of hydrogen-bond donors (Lipinski definition) is 1. The lowest BCUT2D eigenvalue weighted by atomic mass is 9.82. The van der Waals surface area contributed by atoms with Crippen molar-refractivity contribution in [2.45, 2.75) is 66.2 Å². The lowest BCUT2D eigenvalue weighted by Crippen LogP contribution is -2.26. The van der Waals surface area contributed by atoms with Crippen LogP contribution in [0, 0.1) is 5.41 Å². The monoisotopic (exact) mass is 539 g/mol. The Morgan fingerprint density at radius 1 is 1.11 bits per heavy atom. The number of ether oxygens (including phenoxy) is 1. The highest BCUT2D eigenvalue weighted by molar-refractivity contribution is 6.31. The molecule has 2 aromatic carbocycles. The zero-order chi connectivity index (χ0) is 28.0. The largest absolute Gasteiger partial charge is 0.493 e. The van der Waals surface area contributed by atoms with E-state index >= 15 is 0 Å². The molecule has 0 aliphatic carbocycles. The van der Waals surface area contributed by atoms with Gasteiger partial charge in [-0.25, -0.2) is 4.68 Å². The molecule has 204 valence electrons. The Morgan fingerprint density at radius 3 is 2.42 bits per heavy atom. The fourth-order valence-electron chi connectivity index (χ4n) is 4.65. The van der Waals surface area contributed by atoms with Gasteiger partial charge in [0.1, 0.15) is 11.4 Å². The number of nitrogens with zero attached hydrogens (tertiary/aromatic N) is 2. The van der Waals surface area contributed by atoms with Gasteiger partial charge in [0.05, 0.1) is 23.6 Å². The van der Waals surface area contributed by atoms with Crippen molar-refractivity contribution in [3.63, 3.8) is 0 Å². The highest BCUT2D eigenvalue weighted by Crippen LogP contribution is 2.32. The van der Waals surface area contributed by atoms with E-state index in [0.29, 0.717) is 35.1 Å². The molecule has 0 spiro atoms. The van der Waals surface area contributed by atoms with Crippen molar-refractivity contribution >= 4 is 29.0 Å². The van der Waals surface area contributed by atoms with Crippen LogP contribution in [-0.2, 0) is 11.8 Å². The summed E-state index contributed by atoms with van der Waals surface area (Å²) in [6, 6.07) is 14.4. The molecule has 0 aliphatic heterocycles. The lowest BCUT2D eigenvalue weighted by molar-refractivity contribution is -0.118. The van der Waals surface area contributed by atoms with Gasteiger partial charge in [-0.1, -0.05) is 57.5 Å². The molecule has 3 rings (SSSR count). The number of Topliss-reactive ketones (excluding diaryl/α,β-unsaturated/α-hetero) is 1. The van der Waals surface area contributed by atoms with Gasteiger partial charge >= 0.3 is 0 Å². The van der Waals surface area contributed by atoms with Gasteiger partial charge in [0.15, 0.2) is 5.78 Å². The van der Waals surface area contributed by atoms with Crippen LogP contribution in [0.5, 0.6) is 5.75 Å². The average Bonchev–Trinajstić information content (AvgIpc) is 3.12. The van der Waals surface area contributed by atoms with E-state index in [1.54, 1.807) is 22.9 Å². The van der Waals surface area contributed by atoms with Crippen LogP contribution in [0.2, 0.25) is 5.02 Å². The van der Waals surface area contributed by atoms with E-state index in [4.69, 9.17) is 16.3 Å². The van der Waals surface area contributed by atoms with Gasteiger partial charge in [-0.15, -0.1) is 0 Å². The van der Waals surface area contributed by atoms with E-state index in [1.165, 1.54) is 0 Å². The first kappa shape index (κ1) is 29.2. The number of anilines is 1. The minimum absolute atomic E-state index is 0.0656. The second kappa shape index (κ2) is 12.5. The Hall–Kier alpha value is -3.32. The number of para-hydroxylation sites is 1. The Balaban J connectivity index is 1.77. The minimum atomic E-state index is -0.478. The topological polar surface area (TPSA) is 82.3 Å². The van der Waals surface area contributed by atoms with Crippen molar-refractivity contribution in [2.75, 3.05) is 11.9 Å². The first-order valence-electron chi connectivity index (χ1n) is 13.1. The highest BCUT2D eigenvalue weighted by atomic mass is 35.5. The molecule has 1 heterocycles. The number of aromatic nitrogens is 2. The van der Waals surface area contributed by atoms with Crippen LogP contribution in [0.3, 0.4) is 0 Å². The molecule has 1 aromatic heterocycles. The smallest absolute Gasteiger partial charge is 0.295 e. The second-order valence-corrected chi connectivity index (χ2v) is 10.9. The van der Waals surface area contributed by atoms with E-state index in [-0.39, 0.29) is 36.0 Å². The number of ketones is 1. The predicted octanol–water partition coefficient (Wildman–Crippen LogP) is 6.76. The number of amides is 1. The van der Waals surface area contributed by atoms with E-state index in [9.17, 15) is 14.4 Å². The van der Waals surface area contributed by atoms with Crippen LogP contribution in [0.25, 0.3) is 5.69 Å². The third kappa shape index (κ3) is 6.76. The summed E-state index contributed by atoms with van der Waals surface area (Å²) in [6.07, 6.45) is 1.70. The third-order valence-corrected chi connectivity index (χ3v) is 7.10. The lowest BCUT2D eigenvalue weighted by Gasteiger charge is -2.24. The van der Waals surface area contributed by atoms with Crippen LogP contribution >= 0.6 is 11.6 Å². The number of halogens is 1. The molecule has 1 unspecified atom stereocenters. The van der Waals surface area contributed by atoms with Crippen molar-refractivity contribution in [3.8, 4) is 11.4 Å². The molecule has 1 N–H and O–H groups in total. The molecule has 7 nitrogen and oxygen atoms in total. The number of nitrogens with one attached hydrogen (secondary N) is 1. The van der Waals surface area contributed by atoms with E-state index in [2.05, 4.69) is 12.2 Å². The first-order valence-corrected chi connectivity index (χ1v) is 13.5. The summed E-state index contributed by atoms with van der Waals surface area (Å²) in [6.45, 7) is 10.3. The van der Waals surface area contributed by atoms with Crippen LogP contribution in [-0.4, -0.2) is 27.7 Å². The van der Waals surface area contributed by atoms with Gasteiger partial charge < -0.3 is 10.1 Å². The van der Waals surface area contributed by atoms with Gasteiger partial charge in [0.25, 0.3) is 5.56 Å². The summed E-state index contributed by atoms with van der Waals surface area (Å²) in [5, 5.41) is 3.39. The van der Waals surface area contributed by atoms with E-state index in [0.717, 1.165) is 17.8 Å². The number of benzene rings is 2. The number of hydrogen-bond acceptors (Lipinski definition) is 4. The Kier molecular flexibility index (Phi) is 9.60. The normalized spacial score (nSPS) is 12.3. The van der Waals surface area contributed by atoms with Crippen LogP contribution in [0.15, 0.2) is 53.3 Å². The van der Waals surface area contributed by atoms with Crippen molar-refractivity contribution in [3.05, 3.63) is 75.2 Å². The van der Waals surface area contributed by atoms with Gasteiger partial charge in [-0.3, -0.25) is 19.1 Å². The maximum Gasteiger partial charge on any atom is 0.295 e. The van der Waals surface area contributed by atoms with Crippen molar-refractivity contribution in [2.24, 2.45) is 12.5 Å². The summed E-state index contributed by atoms with van der Waals surface area (Å²) in [7, 11) is 1.84. The molecular weight excluding hydrogens is 502 g/mol. The molecule has 0 saturated carbocycles. The molecule has 0 fully saturated rings. The molecule has 1 atom stereocenters. The summed E-state index contributed by atoms with van der Waals surface area (Å²) in [5.74, 6) is 0.231. The molecule has 38 heavy (non-hydrogen) atoms. The quantitative estimate of drug-likeness (QED) is 0.258. The maximum atomic E-state index is 13.5. The molecule has 0 aliphatic rings. The Bertz CT molecular complexity index is 1340. The standard InChI is InChI=1S/C30H38ClN3O4/c1-7-20(3)28-27(29(37)34(33(28)6)22-12-10-9-11-13-22)32-26(36)19-30(4,5)17-16-24(35)23-18-21(31)14-15-25(23)38-8-2/h9-15,18,20H,7-8,16-17,19H2,1-6H3,(H,32,36). The molecule has 0 radical (unpaired) electrons. The maximum absolute atomic E-state index is 13.5. The van der Waals surface area contributed by atoms with Gasteiger partial charge in [-0.05, 0) is 61.4 Å². The third-order valence-electron chi connectivity index (χ3n) is 6.87. The van der Waals surface area contributed by atoms with E-state index < -0.39 is 5.41 Å². The fraction of sp³-hybridized carbons (Fsp3) is 0.433. The average molecular weight is 540 g/mol. The Labute approximate surface area is 229 Å². The van der Waals surface area contributed by atoms with Gasteiger partial charge in [0, 0.05) is 24.9 Å². The summed E-state index contributed by atoms with van der Waals surface area (Å²) < 4.78 is 9.00. The van der Waals surface area contributed by atoms with Gasteiger partial charge in [-0.2, -0.15) is 0 Å².